The molecule has 0 heterocycles. The highest BCUT2D eigenvalue weighted by Crippen LogP contribution is 2.16. The summed E-state index contributed by atoms with van der Waals surface area (Å²) in [6.45, 7) is 6.32. The first-order chi connectivity index (χ1) is 10.9. The maximum absolute atomic E-state index is 12.0. The molecule has 0 fully saturated rings. The molecule has 4 nitrogen and oxygen atoms in total. The Morgan fingerprint density at radius 2 is 1.65 bits per heavy atom. The van der Waals surface area contributed by atoms with E-state index in [1.165, 1.54) is 0 Å². The van der Waals surface area contributed by atoms with Crippen molar-refractivity contribution in [1.82, 2.24) is 5.32 Å². The standard InChI is InChI=1S/C19H22N2O2/c1-13-5-4-6-16(9-13)12-20-18(22)11-19(23)21-17-10-14(2)7-8-15(17)3/h4-10H,11-12H2,1-3H3,(H,20,22)(H,21,23). The number of amides is 2. The fourth-order valence-corrected chi connectivity index (χ4v) is 2.30. The molecule has 2 N–H and O–H groups in total. The second kappa shape index (κ2) is 7.58. The number of hydrogen-bond donors (Lipinski definition) is 2. The summed E-state index contributed by atoms with van der Waals surface area (Å²) < 4.78 is 0. The molecule has 0 unspecified atom stereocenters. The van der Waals surface area contributed by atoms with Gasteiger partial charge >= 0.3 is 0 Å². The van der Waals surface area contributed by atoms with Crippen LogP contribution < -0.4 is 10.6 Å². The van der Waals surface area contributed by atoms with E-state index < -0.39 is 0 Å². The Hall–Kier alpha value is -2.62. The molecule has 4 heteroatoms. The van der Waals surface area contributed by atoms with E-state index in [1.54, 1.807) is 0 Å². The Morgan fingerprint density at radius 3 is 2.39 bits per heavy atom. The van der Waals surface area contributed by atoms with Gasteiger partial charge in [-0.25, -0.2) is 0 Å². The zero-order chi connectivity index (χ0) is 16.8. The van der Waals surface area contributed by atoms with Crippen molar-refractivity contribution in [2.75, 3.05) is 5.32 Å². The van der Waals surface area contributed by atoms with E-state index in [9.17, 15) is 9.59 Å². The zero-order valence-corrected chi connectivity index (χ0v) is 13.8. The molecule has 2 amide bonds. The monoisotopic (exact) mass is 310 g/mol. The number of anilines is 1. The number of aryl methyl sites for hydroxylation is 3. The Kier molecular flexibility index (Phi) is 5.52. The minimum Gasteiger partial charge on any atom is -0.352 e. The van der Waals surface area contributed by atoms with Gasteiger partial charge in [-0.3, -0.25) is 9.59 Å². The van der Waals surface area contributed by atoms with Crippen LogP contribution >= 0.6 is 0 Å². The van der Waals surface area contributed by atoms with Crippen LogP contribution in [0.15, 0.2) is 42.5 Å². The Morgan fingerprint density at radius 1 is 0.913 bits per heavy atom. The summed E-state index contributed by atoms with van der Waals surface area (Å²) in [5.74, 6) is -0.588. The smallest absolute Gasteiger partial charge is 0.233 e. The number of rotatable bonds is 5. The number of nitrogens with one attached hydrogen (secondary N) is 2. The Balaban J connectivity index is 1.85. The molecule has 0 radical (unpaired) electrons. The van der Waals surface area contributed by atoms with Gasteiger partial charge in [0, 0.05) is 12.2 Å². The van der Waals surface area contributed by atoms with Gasteiger partial charge in [0.2, 0.25) is 11.8 Å². The second-order valence-corrected chi connectivity index (χ2v) is 5.81. The lowest BCUT2D eigenvalue weighted by Gasteiger charge is -2.10. The third kappa shape index (κ3) is 5.25. The Bertz CT molecular complexity index is 723. The van der Waals surface area contributed by atoms with E-state index in [1.807, 2.05) is 63.2 Å². The molecule has 2 aromatic carbocycles. The highest BCUT2D eigenvalue weighted by atomic mass is 16.2. The van der Waals surface area contributed by atoms with Crippen molar-refractivity contribution in [3.63, 3.8) is 0 Å². The molecule has 0 aliphatic carbocycles. The van der Waals surface area contributed by atoms with Crippen molar-refractivity contribution >= 4 is 17.5 Å². The maximum Gasteiger partial charge on any atom is 0.233 e. The molecule has 0 atom stereocenters. The number of benzene rings is 2. The van der Waals surface area contributed by atoms with E-state index in [-0.39, 0.29) is 18.2 Å². The van der Waals surface area contributed by atoms with Crippen LogP contribution in [0.3, 0.4) is 0 Å². The lowest BCUT2D eigenvalue weighted by Crippen LogP contribution is -2.27. The fourth-order valence-electron chi connectivity index (χ4n) is 2.30. The van der Waals surface area contributed by atoms with Crippen LogP contribution in [0.1, 0.15) is 28.7 Å². The van der Waals surface area contributed by atoms with Gasteiger partial charge < -0.3 is 10.6 Å². The van der Waals surface area contributed by atoms with E-state index in [0.717, 1.165) is 27.9 Å². The topological polar surface area (TPSA) is 58.2 Å². The van der Waals surface area contributed by atoms with Gasteiger partial charge in [-0.15, -0.1) is 0 Å². The predicted octanol–water partition coefficient (Wildman–Crippen LogP) is 3.26. The Labute approximate surface area is 136 Å². The lowest BCUT2D eigenvalue weighted by atomic mass is 10.1. The van der Waals surface area contributed by atoms with Crippen LogP contribution in [0.5, 0.6) is 0 Å². The quantitative estimate of drug-likeness (QED) is 0.833. The van der Waals surface area contributed by atoms with Crippen molar-refractivity contribution in [3.8, 4) is 0 Å². The minimum absolute atomic E-state index is 0.181. The summed E-state index contributed by atoms with van der Waals surface area (Å²) in [7, 11) is 0. The van der Waals surface area contributed by atoms with E-state index in [2.05, 4.69) is 10.6 Å². The minimum atomic E-state index is -0.305. The molecule has 2 aromatic rings. The summed E-state index contributed by atoms with van der Waals surface area (Å²) >= 11 is 0. The third-order valence-electron chi connectivity index (χ3n) is 3.56. The molecular weight excluding hydrogens is 288 g/mol. The van der Waals surface area contributed by atoms with Crippen LogP contribution in [-0.2, 0) is 16.1 Å². The molecule has 0 aromatic heterocycles. The fraction of sp³-hybridized carbons (Fsp3) is 0.263. The molecule has 120 valence electrons. The first-order valence-corrected chi connectivity index (χ1v) is 7.63. The van der Waals surface area contributed by atoms with E-state index in [4.69, 9.17) is 0 Å². The molecule has 0 aliphatic heterocycles. The first-order valence-electron chi connectivity index (χ1n) is 7.63. The van der Waals surface area contributed by atoms with Crippen molar-refractivity contribution in [2.24, 2.45) is 0 Å². The summed E-state index contributed by atoms with van der Waals surface area (Å²) in [5, 5.41) is 5.56. The third-order valence-corrected chi connectivity index (χ3v) is 3.56. The van der Waals surface area contributed by atoms with Crippen LogP contribution in [0.2, 0.25) is 0 Å². The molecule has 0 spiro atoms. The summed E-state index contributed by atoms with van der Waals surface area (Å²) in [4.78, 5) is 23.9. The van der Waals surface area contributed by atoms with Crippen molar-refractivity contribution in [3.05, 3.63) is 64.7 Å². The van der Waals surface area contributed by atoms with Gasteiger partial charge in [0.1, 0.15) is 6.42 Å². The largest absolute Gasteiger partial charge is 0.352 e. The number of carbonyl (C=O) groups is 2. The van der Waals surface area contributed by atoms with Crippen molar-refractivity contribution < 1.29 is 9.59 Å². The maximum atomic E-state index is 12.0. The van der Waals surface area contributed by atoms with Crippen molar-refractivity contribution in [1.29, 1.82) is 0 Å². The van der Waals surface area contributed by atoms with Gasteiger partial charge in [-0.05, 0) is 43.5 Å². The average molecular weight is 310 g/mol. The zero-order valence-electron chi connectivity index (χ0n) is 13.8. The molecule has 23 heavy (non-hydrogen) atoms. The lowest BCUT2D eigenvalue weighted by molar-refractivity contribution is -0.126. The first kappa shape index (κ1) is 16.7. The van der Waals surface area contributed by atoms with Gasteiger partial charge in [-0.2, -0.15) is 0 Å². The number of hydrogen-bond acceptors (Lipinski definition) is 2. The van der Waals surface area contributed by atoms with E-state index in [0.29, 0.717) is 6.54 Å². The SMILES string of the molecule is Cc1cccc(CNC(=O)CC(=O)Nc2cc(C)ccc2C)c1. The molecule has 0 aliphatic rings. The van der Waals surface area contributed by atoms with Crippen LogP contribution in [-0.4, -0.2) is 11.8 Å². The van der Waals surface area contributed by atoms with Gasteiger partial charge in [0.15, 0.2) is 0 Å². The second-order valence-electron chi connectivity index (χ2n) is 5.81. The van der Waals surface area contributed by atoms with Gasteiger partial charge in [-0.1, -0.05) is 42.0 Å². The van der Waals surface area contributed by atoms with Gasteiger partial charge in [0.25, 0.3) is 0 Å². The highest BCUT2D eigenvalue weighted by molar-refractivity contribution is 6.03. The highest BCUT2D eigenvalue weighted by Gasteiger charge is 2.10. The van der Waals surface area contributed by atoms with Crippen LogP contribution in [0, 0.1) is 20.8 Å². The molecule has 0 saturated carbocycles. The van der Waals surface area contributed by atoms with Crippen LogP contribution in [0.4, 0.5) is 5.69 Å². The molecule has 0 bridgehead atoms. The normalized spacial score (nSPS) is 10.2. The summed E-state index contributed by atoms with van der Waals surface area (Å²) in [6, 6.07) is 13.7. The summed E-state index contributed by atoms with van der Waals surface area (Å²) in [6.07, 6.45) is -0.181. The van der Waals surface area contributed by atoms with Crippen LogP contribution in [0.25, 0.3) is 0 Å². The molecule has 2 rings (SSSR count). The summed E-state index contributed by atoms with van der Waals surface area (Å²) in [5.41, 5.74) is 4.96. The van der Waals surface area contributed by atoms with Gasteiger partial charge in [0.05, 0.1) is 0 Å². The average Bonchev–Trinajstić information content (AvgIpc) is 2.49. The van der Waals surface area contributed by atoms with Crippen molar-refractivity contribution in [2.45, 2.75) is 33.7 Å². The molecular formula is C19H22N2O2. The predicted molar refractivity (Wildman–Crippen MR) is 92.2 cm³/mol. The van der Waals surface area contributed by atoms with E-state index >= 15 is 0 Å². The number of carbonyl (C=O) groups excluding carboxylic acids is 2. The molecule has 0 saturated heterocycles.